The molecule has 0 aliphatic carbocycles. The Balaban J connectivity index is 2.37. The zero-order valence-electron chi connectivity index (χ0n) is 11.8. The summed E-state index contributed by atoms with van der Waals surface area (Å²) in [5, 5.41) is 11.6. The number of para-hydroxylation sites is 1. The number of carboxylic acids is 1. The molecule has 0 saturated carbocycles. The van der Waals surface area contributed by atoms with Crippen molar-refractivity contribution in [3.63, 3.8) is 0 Å². The van der Waals surface area contributed by atoms with E-state index in [0.29, 0.717) is 31.9 Å². The minimum absolute atomic E-state index is 0.00556. The highest BCUT2D eigenvalue weighted by molar-refractivity contribution is 5.90. The lowest BCUT2D eigenvalue weighted by Crippen LogP contribution is -2.29. The predicted molar refractivity (Wildman–Crippen MR) is 75.1 cm³/mol. The monoisotopic (exact) mass is 280 g/mol. The van der Waals surface area contributed by atoms with Crippen LogP contribution >= 0.6 is 0 Å². The molecule has 1 amide bonds. The number of hydrogen-bond donors (Lipinski definition) is 2. The lowest BCUT2D eigenvalue weighted by molar-refractivity contribution is -0.120. The number of likely N-dealkylation sites (N-methyl/N-ethyl adjacent to an activating group) is 1. The number of amides is 1. The Labute approximate surface area is 118 Å². The van der Waals surface area contributed by atoms with E-state index in [4.69, 9.17) is 9.84 Å². The van der Waals surface area contributed by atoms with Crippen LogP contribution < -0.4 is 10.1 Å². The molecule has 6 heteroatoms. The Bertz CT molecular complexity index is 462. The lowest BCUT2D eigenvalue weighted by Gasteiger charge is -2.17. The van der Waals surface area contributed by atoms with Crippen LogP contribution in [-0.2, 0) is 4.79 Å². The lowest BCUT2D eigenvalue weighted by atomic mass is 10.2. The summed E-state index contributed by atoms with van der Waals surface area (Å²) in [5.41, 5.74) is 0.153. The molecule has 0 aromatic heterocycles. The van der Waals surface area contributed by atoms with Crippen molar-refractivity contribution in [2.45, 2.75) is 6.42 Å². The van der Waals surface area contributed by atoms with E-state index >= 15 is 0 Å². The number of carbonyl (C=O) groups is 2. The fourth-order valence-electron chi connectivity index (χ4n) is 1.61. The number of ether oxygens (including phenoxy) is 1. The SMILES string of the molecule is CNC(=O)CCN(C)CCOc1ccccc1C(=O)O. The Morgan fingerprint density at radius 2 is 2.00 bits per heavy atom. The van der Waals surface area contributed by atoms with Gasteiger partial charge < -0.3 is 20.1 Å². The molecule has 0 aliphatic rings. The summed E-state index contributed by atoms with van der Waals surface area (Å²) in [6.07, 6.45) is 0.429. The second kappa shape index (κ2) is 8.16. The van der Waals surface area contributed by atoms with E-state index in [1.807, 2.05) is 11.9 Å². The number of hydrogen-bond acceptors (Lipinski definition) is 4. The van der Waals surface area contributed by atoms with Crippen LogP contribution in [0.5, 0.6) is 5.75 Å². The number of benzene rings is 1. The van der Waals surface area contributed by atoms with Gasteiger partial charge in [-0.15, -0.1) is 0 Å². The first-order chi connectivity index (χ1) is 9.54. The molecular weight excluding hydrogens is 260 g/mol. The van der Waals surface area contributed by atoms with Crippen molar-refractivity contribution in [1.29, 1.82) is 0 Å². The molecule has 2 N–H and O–H groups in total. The zero-order chi connectivity index (χ0) is 15.0. The van der Waals surface area contributed by atoms with Crippen molar-refractivity contribution < 1.29 is 19.4 Å². The van der Waals surface area contributed by atoms with Gasteiger partial charge in [-0.3, -0.25) is 4.79 Å². The molecule has 1 aromatic rings. The molecule has 0 atom stereocenters. The number of nitrogens with zero attached hydrogens (tertiary/aromatic N) is 1. The summed E-state index contributed by atoms with van der Waals surface area (Å²) in [5.74, 6) is -0.651. The second-order valence-corrected chi connectivity index (χ2v) is 4.38. The molecule has 0 unspecified atom stereocenters. The largest absolute Gasteiger partial charge is 0.491 e. The molecule has 0 bridgehead atoms. The third kappa shape index (κ3) is 5.27. The van der Waals surface area contributed by atoms with Crippen molar-refractivity contribution in [2.24, 2.45) is 0 Å². The molecule has 6 nitrogen and oxygen atoms in total. The van der Waals surface area contributed by atoms with E-state index in [2.05, 4.69) is 5.32 Å². The van der Waals surface area contributed by atoms with Crippen LogP contribution in [0.2, 0.25) is 0 Å². The fourth-order valence-corrected chi connectivity index (χ4v) is 1.61. The molecule has 110 valence electrons. The number of aromatic carboxylic acids is 1. The van der Waals surface area contributed by atoms with Crippen molar-refractivity contribution >= 4 is 11.9 Å². The van der Waals surface area contributed by atoms with Crippen LogP contribution in [0.1, 0.15) is 16.8 Å². The third-order valence-electron chi connectivity index (χ3n) is 2.85. The fraction of sp³-hybridized carbons (Fsp3) is 0.429. The first-order valence-corrected chi connectivity index (χ1v) is 6.39. The van der Waals surface area contributed by atoms with Crippen LogP contribution in [-0.4, -0.2) is 55.7 Å². The second-order valence-electron chi connectivity index (χ2n) is 4.38. The predicted octanol–water partition coefficient (Wildman–Crippen LogP) is 0.832. The standard InChI is InChI=1S/C14H20N2O4/c1-15-13(17)7-8-16(2)9-10-20-12-6-4-3-5-11(12)14(18)19/h3-6H,7-10H2,1-2H3,(H,15,17)(H,18,19). The van der Waals surface area contributed by atoms with Crippen molar-refractivity contribution in [3.8, 4) is 5.75 Å². The van der Waals surface area contributed by atoms with Crippen molar-refractivity contribution in [3.05, 3.63) is 29.8 Å². The van der Waals surface area contributed by atoms with Gasteiger partial charge in [-0.2, -0.15) is 0 Å². The first kappa shape index (κ1) is 16.0. The molecule has 0 saturated heterocycles. The smallest absolute Gasteiger partial charge is 0.339 e. The van der Waals surface area contributed by atoms with Crippen molar-refractivity contribution in [1.82, 2.24) is 10.2 Å². The molecule has 0 spiro atoms. The highest BCUT2D eigenvalue weighted by Gasteiger charge is 2.10. The summed E-state index contributed by atoms with van der Waals surface area (Å²) >= 11 is 0. The van der Waals surface area contributed by atoms with Crippen LogP contribution in [0.4, 0.5) is 0 Å². The van der Waals surface area contributed by atoms with Gasteiger partial charge >= 0.3 is 5.97 Å². The molecule has 0 radical (unpaired) electrons. The minimum Gasteiger partial charge on any atom is -0.491 e. The Morgan fingerprint density at radius 3 is 2.65 bits per heavy atom. The number of rotatable bonds is 8. The van der Waals surface area contributed by atoms with Crippen molar-refractivity contribution in [2.75, 3.05) is 33.8 Å². The molecule has 0 fully saturated rings. The van der Waals surface area contributed by atoms with E-state index in [9.17, 15) is 9.59 Å². The number of carboxylic acid groups (broad SMARTS) is 1. The number of nitrogens with one attached hydrogen (secondary N) is 1. The highest BCUT2D eigenvalue weighted by atomic mass is 16.5. The van der Waals surface area contributed by atoms with Gasteiger partial charge in [-0.1, -0.05) is 12.1 Å². The van der Waals surface area contributed by atoms with Crippen LogP contribution in [0, 0.1) is 0 Å². The van der Waals surface area contributed by atoms with Gasteiger partial charge in [-0.25, -0.2) is 4.79 Å². The first-order valence-electron chi connectivity index (χ1n) is 6.39. The van der Waals surface area contributed by atoms with Gasteiger partial charge in [0.2, 0.25) is 5.91 Å². The van der Waals surface area contributed by atoms with Crippen LogP contribution in [0.3, 0.4) is 0 Å². The van der Waals surface area contributed by atoms with Gasteiger partial charge in [0, 0.05) is 26.6 Å². The normalized spacial score (nSPS) is 10.3. The summed E-state index contributed by atoms with van der Waals surface area (Å²) in [4.78, 5) is 24.0. The summed E-state index contributed by atoms with van der Waals surface area (Å²) in [7, 11) is 3.49. The summed E-state index contributed by atoms with van der Waals surface area (Å²) < 4.78 is 5.48. The highest BCUT2D eigenvalue weighted by Crippen LogP contribution is 2.17. The van der Waals surface area contributed by atoms with Crippen LogP contribution in [0.25, 0.3) is 0 Å². The zero-order valence-corrected chi connectivity index (χ0v) is 11.8. The van der Waals surface area contributed by atoms with Gasteiger partial charge in [0.15, 0.2) is 0 Å². The quantitative estimate of drug-likeness (QED) is 0.737. The Kier molecular flexibility index (Phi) is 6.52. The maximum absolute atomic E-state index is 11.1. The summed E-state index contributed by atoms with van der Waals surface area (Å²) in [6.45, 7) is 1.61. The Hall–Kier alpha value is -2.08. The summed E-state index contributed by atoms with van der Waals surface area (Å²) in [6, 6.07) is 6.53. The Morgan fingerprint density at radius 1 is 1.30 bits per heavy atom. The van der Waals surface area contributed by atoms with E-state index < -0.39 is 5.97 Å². The average Bonchev–Trinajstić information content (AvgIpc) is 2.45. The third-order valence-corrected chi connectivity index (χ3v) is 2.85. The van der Waals surface area contributed by atoms with Gasteiger partial charge in [-0.05, 0) is 19.2 Å². The van der Waals surface area contributed by atoms with E-state index in [1.54, 1.807) is 25.2 Å². The van der Waals surface area contributed by atoms with Gasteiger partial charge in [0.05, 0.1) is 0 Å². The van der Waals surface area contributed by atoms with Gasteiger partial charge in [0.1, 0.15) is 17.9 Å². The van der Waals surface area contributed by atoms with Crippen LogP contribution in [0.15, 0.2) is 24.3 Å². The maximum Gasteiger partial charge on any atom is 0.339 e. The number of carbonyl (C=O) groups excluding carboxylic acids is 1. The molecule has 0 heterocycles. The van der Waals surface area contributed by atoms with Gasteiger partial charge in [0.25, 0.3) is 0 Å². The minimum atomic E-state index is -1.01. The molecule has 1 rings (SSSR count). The van der Waals surface area contributed by atoms with E-state index in [-0.39, 0.29) is 11.5 Å². The van der Waals surface area contributed by atoms with E-state index in [0.717, 1.165) is 0 Å². The van der Waals surface area contributed by atoms with E-state index in [1.165, 1.54) is 6.07 Å². The molecule has 1 aromatic carbocycles. The maximum atomic E-state index is 11.1. The molecule has 0 aliphatic heterocycles. The molecule has 20 heavy (non-hydrogen) atoms. The topological polar surface area (TPSA) is 78.9 Å². The molecular formula is C14H20N2O4. The average molecular weight is 280 g/mol.